The summed E-state index contributed by atoms with van der Waals surface area (Å²) in [4.78, 5) is 27.2. The van der Waals surface area contributed by atoms with Crippen LogP contribution in [0.3, 0.4) is 0 Å². The third kappa shape index (κ3) is 4.54. The van der Waals surface area contributed by atoms with Crippen molar-refractivity contribution >= 4 is 29.1 Å². The van der Waals surface area contributed by atoms with Gasteiger partial charge < -0.3 is 15.4 Å². The minimum absolute atomic E-state index is 0.0726. The van der Waals surface area contributed by atoms with Gasteiger partial charge in [-0.15, -0.1) is 0 Å². The van der Waals surface area contributed by atoms with Gasteiger partial charge in [0.1, 0.15) is 5.82 Å². The molecule has 0 aliphatic heterocycles. The summed E-state index contributed by atoms with van der Waals surface area (Å²) in [6.07, 6.45) is 1.63. The van der Waals surface area contributed by atoms with E-state index in [4.69, 9.17) is 0 Å². The summed E-state index contributed by atoms with van der Waals surface area (Å²) in [5.41, 5.74) is 2.08. The van der Waals surface area contributed by atoms with E-state index in [1.54, 1.807) is 36.5 Å². The summed E-state index contributed by atoms with van der Waals surface area (Å²) in [7, 11) is 1.35. The molecule has 0 fully saturated rings. The number of esters is 1. The molecule has 0 bridgehead atoms. The van der Waals surface area contributed by atoms with E-state index >= 15 is 0 Å². The number of benzene rings is 1. The van der Waals surface area contributed by atoms with Crippen molar-refractivity contribution in [3.8, 4) is 0 Å². The predicted molar refractivity (Wildman–Crippen MR) is 88.8 cm³/mol. The number of carbonyl (C=O) groups excluding carboxylic acids is 2. The van der Waals surface area contributed by atoms with E-state index in [1.807, 2.05) is 19.9 Å². The number of hydrogen-bond donors (Lipinski definition) is 2. The van der Waals surface area contributed by atoms with Gasteiger partial charge in [-0.05, 0) is 36.4 Å². The highest BCUT2D eigenvalue weighted by Crippen LogP contribution is 2.18. The molecule has 23 heavy (non-hydrogen) atoms. The Morgan fingerprint density at radius 2 is 1.70 bits per heavy atom. The Hall–Kier alpha value is -2.89. The largest absolute Gasteiger partial charge is 0.465 e. The second kappa shape index (κ2) is 7.40. The average molecular weight is 313 g/mol. The lowest BCUT2D eigenvalue weighted by atomic mass is 10.2. The Labute approximate surface area is 134 Å². The lowest BCUT2D eigenvalue weighted by Crippen LogP contribution is -2.18. The van der Waals surface area contributed by atoms with E-state index < -0.39 is 0 Å². The first-order valence-corrected chi connectivity index (χ1v) is 7.22. The van der Waals surface area contributed by atoms with Crippen LogP contribution in [0.25, 0.3) is 0 Å². The molecule has 6 heteroatoms. The van der Waals surface area contributed by atoms with Crippen LogP contribution in [-0.4, -0.2) is 24.0 Å². The van der Waals surface area contributed by atoms with E-state index in [2.05, 4.69) is 20.4 Å². The van der Waals surface area contributed by atoms with Crippen LogP contribution in [0.1, 0.15) is 24.2 Å². The number of rotatable bonds is 5. The quantitative estimate of drug-likeness (QED) is 0.829. The van der Waals surface area contributed by atoms with Crippen molar-refractivity contribution in [1.82, 2.24) is 4.98 Å². The molecule has 1 aromatic heterocycles. The minimum Gasteiger partial charge on any atom is -0.465 e. The fourth-order valence-corrected chi connectivity index (χ4v) is 1.79. The van der Waals surface area contributed by atoms with Crippen LogP contribution >= 0.6 is 0 Å². The molecule has 0 unspecified atom stereocenters. The zero-order valence-electron chi connectivity index (χ0n) is 13.3. The maximum Gasteiger partial charge on any atom is 0.337 e. The predicted octanol–water partition coefficient (Wildman–Crippen LogP) is 3.21. The van der Waals surface area contributed by atoms with Gasteiger partial charge in [0.25, 0.3) is 0 Å². The molecule has 2 rings (SSSR count). The van der Waals surface area contributed by atoms with Crippen molar-refractivity contribution in [2.45, 2.75) is 13.8 Å². The highest BCUT2D eigenvalue weighted by Gasteiger charge is 2.08. The van der Waals surface area contributed by atoms with Crippen molar-refractivity contribution in [2.24, 2.45) is 5.92 Å². The summed E-state index contributed by atoms with van der Waals surface area (Å²) in [6.45, 7) is 3.65. The molecule has 1 amide bonds. The van der Waals surface area contributed by atoms with E-state index in [-0.39, 0.29) is 17.8 Å². The maximum absolute atomic E-state index is 11.6. The van der Waals surface area contributed by atoms with Gasteiger partial charge in [-0.2, -0.15) is 0 Å². The van der Waals surface area contributed by atoms with Crippen LogP contribution < -0.4 is 10.6 Å². The fraction of sp³-hybridized carbons (Fsp3) is 0.235. The summed E-state index contributed by atoms with van der Waals surface area (Å²) < 4.78 is 4.65. The van der Waals surface area contributed by atoms with E-state index in [9.17, 15) is 9.59 Å². The highest BCUT2D eigenvalue weighted by molar-refractivity contribution is 5.91. The second-order valence-corrected chi connectivity index (χ2v) is 5.27. The molecule has 0 spiro atoms. The third-order valence-corrected chi connectivity index (χ3v) is 3.13. The summed E-state index contributed by atoms with van der Waals surface area (Å²) in [6, 6.07) is 10.5. The number of nitrogens with one attached hydrogen (secondary N) is 2. The van der Waals surface area contributed by atoms with Gasteiger partial charge in [0.2, 0.25) is 5.91 Å². The summed E-state index contributed by atoms with van der Waals surface area (Å²) >= 11 is 0. The Morgan fingerprint density at radius 3 is 2.22 bits per heavy atom. The molecular formula is C17H19N3O3. The van der Waals surface area contributed by atoms with Crippen LogP contribution in [0.5, 0.6) is 0 Å². The molecule has 2 aromatic rings. The first-order chi connectivity index (χ1) is 11.0. The van der Waals surface area contributed by atoms with Crippen molar-refractivity contribution in [3.05, 3.63) is 48.2 Å². The molecule has 2 N–H and O–H groups in total. The molecule has 0 radical (unpaired) electrons. The molecule has 120 valence electrons. The zero-order chi connectivity index (χ0) is 16.8. The van der Waals surface area contributed by atoms with Crippen LogP contribution in [-0.2, 0) is 9.53 Å². The van der Waals surface area contributed by atoms with Crippen molar-refractivity contribution in [3.63, 3.8) is 0 Å². The molecule has 6 nitrogen and oxygen atoms in total. The smallest absolute Gasteiger partial charge is 0.337 e. The Morgan fingerprint density at radius 1 is 1.04 bits per heavy atom. The normalized spacial score (nSPS) is 10.3. The third-order valence-electron chi connectivity index (χ3n) is 3.13. The Bertz CT molecular complexity index is 679. The van der Waals surface area contributed by atoms with Crippen molar-refractivity contribution in [1.29, 1.82) is 0 Å². The summed E-state index contributed by atoms with van der Waals surface area (Å²) in [5, 5.41) is 5.89. The molecule has 1 aromatic carbocycles. The molecule has 0 aliphatic rings. The maximum atomic E-state index is 11.6. The van der Waals surface area contributed by atoms with Crippen LogP contribution in [0.15, 0.2) is 42.6 Å². The van der Waals surface area contributed by atoms with Crippen molar-refractivity contribution < 1.29 is 14.3 Å². The van der Waals surface area contributed by atoms with Gasteiger partial charge in [0, 0.05) is 11.6 Å². The Balaban J connectivity index is 2.00. The SMILES string of the molecule is COC(=O)c1ccc(Nc2ccc(NC(=O)C(C)C)nc2)cc1. The van der Waals surface area contributed by atoms with Gasteiger partial charge in [-0.3, -0.25) is 4.79 Å². The van der Waals surface area contributed by atoms with Gasteiger partial charge in [0.05, 0.1) is 24.6 Å². The van der Waals surface area contributed by atoms with Gasteiger partial charge in [0.15, 0.2) is 0 Å². The number of ether oxygens (including phenoxy) is 1. The number of amides is 1. The molecule has 1 heterocycles. The topological polar surface area (TPSA) is 80.3 Å². The van der Waals surface area contributed by atoms with Crippen LogP contribution in [0.2, 0.25) is 0 Å². The molecular weight excluding hydrogens is 294 g/mol. The number of nitrogens with zero attached hydrogens (tertiary/aromatic N) is 1. The van der Waals surface area contributed by atoms with Crippen LogP contribution in [0.4, 0.5) is 17.2 Å². The lowest BCUT2D eigenvalue weighted by Gasteiger charge is -2.09. The number of anilines is 3. The first-order valence-electron chi connectivity index (χ1n) is 7.22. The van der Waals surface area contributed by atoms with E-state index in [1.165, 1.54) is 7.11 Å². The molecule has 0 aliphatic carbocycles. The minimum atomic E-state index is -0.372. The summed E-state index contributed by atoms with van der Waals surface area (Å²) in [5.74, 6) is -0.0294. The second-order valence-electron chi connectivity index (χ2n) is 5.27. The zero-order valence-corrected chi connectivity index (χ0v) is 13.3. The lowest BCUT2D eigenvalue weighted by molar-refractivity contribution is -0.118. The van der Waals surface area contributed by atoms with E-state index in [0.29, 0.717) is 11.4 Å². The van der Waals surface area contributed by atoms with Crippen molar-refractivity contribution in [2.75, 3.05) is 17.7 Å². The number of hydrogen-bond acceptors (Lipinski definition) is 5. The number of carbonyl (C=O) groups is 2. The highest BCUT2D eigenvalue weighted by atomic mass is 16.5. The van der Waals surface area contributed by atoms with Gasteiger partial charge >= 0.3 is 5.97 Å². The standard InChI is InChI=1S/C17H19N3O3/c1-11(2)16(21)20-15-9-8-14(10-18-15)19-13-6-4-12(5-7-13)17(22)23-3/h4-11,19H,1-3H3,(H,18,20,21). The number of methoxy groups -OCH3 is 1. The van der Waals surface area contributed by atoms with Crippen LogP contribution in [0, 0.1) is 5.92 Å². The van der Waals surface area contributed by atoms with Gasteiger partial charge in [-0.1, -0.05) is 13.8 Å². The molecule has 0 saturated carbocycles. The first kappa shape index (κ1) is 16.5. The number of aromatic nitrogens is 1. The Kier molecular flexibility index (Phi) is 5.30. The average Bonchev–Trinajstić information content (AvgIpc) is 2.56. The van der Waals surface area contributed by atoms with Gasteiger partial charge in [-0.25, -0.2) is 9.78 Å². The monoisotopic (exact) mass is 313 g/mol. The number of pyridine rings is 1. The fourth-order valence-electron chi connectivity index (χ4n) is 1.79. The molecule has 0 saturated heterocycles. The molecule has 0 atom stereocenters. The van der Waals surface area contributed by atoms with E-state index in [0.717, 1.165) is 11.4 Å².